The van der Waals surface area contributed by atoms with Gasteiger partial charge in [-0.1, -0.05) is 6.92 Å². The highest BCUT2D eigenvalue weighted by Crippen LogP contribution is 2.43. The number of thioether (sulfide) groups is 1. The minimum atomic E-state index is 0.444. The summed E-state index contributed by atoms with van der Waals surface area (Å²) in [6.45, 7) is 3.07. The Morgan fingerprint density at radius 1 is 1.56 bits per heavy atom. The van der Waals surface area contributed by atoms with Gasteiger partial charge in [0.2, 0.25) is 0 Å². The van der Waals surface area contributed by atoms with Crippen LogP contribution in [-0.4, -0.2) is 20.0 Å². The maximum Gasteiger partial charge on any atom is 0.146 e. The van der Waals surface area contributed by atoms with Crippen molar-refractivity contribution in [3.05, 3.63) is 29.2 Å². The second kappa shape index (κ2) is 5.03. The van der Waals surface area contributed by atoms with Gasteiger partial charge in [0, 0.05) is 18.3 Å². The molecule has 1 aliphatic heterocycles. The molecule has 4 nitrogen and oxygen atoms in total. The summed E-state index contributed by atoms with van der Waals surface area (Å²) in [5.74, 6) is 0.984. The van der Waals surface area contributed by atoms with Crippen LogP contribution in [0.15, 0.2) is 22.0 Å². The molecule has 0 radical (unpaired) electrons. The van der Waals surface area contributed by atoms with E-state index >= 15 is 0 Å². The lowest BCUT2D eigenvalue weighted by Gasteiger charge is -2.27. The van der Waals surface area contributed by atoms with Gasteiger partial charge in [0.25, 0.3) is 0 Å². The number of fused-ring (bicyclic) bond motifs is 1. The molecule has 3 heterocycles. The number of rotatable bonds is 3. The van der Waals surface area contributed by atoms with Crippen molar-refractivity contribution < 1.29 is 0 Å². The zero-order valence-corrected chi connectivity index (χ0v) is 12.1. The summed E-state index contributed by atoms with van der Waals surface area (Å²) < 4.78 is 3.42. The third kappa shape index (κ3) is 2.32. The van der Waals surface area contributed by atoms with Gasteiger partial charge in [-0.2, -0.15) is 0 Å². The molecule has 18 heavy (non-hydrogen) atoms. The Morgan fingerprint density at radius 2 is 2.44 bits per heavy atom. The third-order valence-corrected chi connectivity index (χ3v) is 5.57. The van der Waals surface area contributed by atoms with E-state index < -0.39 is 0 Å². The molecule has 1 aliphatic rings. The second-order valence-electron chi connectivity index (χ2n) is 4.62. The molecule has 0 saturated carbocycles. The molecule has 0 fully saturated rings. The van der Waals surface area contributed by atoms with Crippen LogP contribution in [-0.2, 0) is 13.6 Å². The number of hydrogen-bond acceptors (Lipinski definition) is 5. The van der Waals surface area contributed by atoms with Crippen molar-refractivity contribution in [3.63, 3.8) is 0 Å². The summed E-state index contributed by atoms with van der Waals surface area (Å²) in [7, 11) is 1.98. The van der Waals surface area contributed by atoms with Crippen LogP contribution in [0, 0.1) is 0 Å². The monoisotopic (exact) mass is 280 g/mol. The fourth-order valence-corrected chi connectivity index (χ4v) is 4.79. The van der Waals surface area contributed by atoms with E-state index in [-0.39, 0.29) is 0 Å². The lowest BCUT2D eigenvalue weighted by molar-refractivity contribution is 0.475. The zero-order chi connectivity index (χ0) is 12.5. The first-order valence-corrected chi connectivity index (χ1v) is 7.80. The first-order chi connectivity index (χ1) is 8.74. The van der Waals surface area contributed by atoms with Gasteiger partial charge in [0.1, 0.15) is 12.2 Å². The third-order valence-electron chi connectivity index (χ3n) is 3.22. The lowest BCUT2D eigenvalue weighted by Crippen LogP contribution is -2.27. The fraction of sp³-hybridized carbons (Fsp3) is 0.500. The van der Waals surface area contributed by atoms with Gasteiger partial charge in [0.15, 0.2) is 0 Å². The standard InChI is InChI=1S/C12H16N4S2/c1-8-5-10(9-3-4-17-12(9)18-8)13-6-11-15-14-7-16(11)2/h3-4,7-8,10,13H,5-6H2,1-2H3/t8-,10?/m0/s1. The zero-order valence-electron chi connectivity index (χ0n) is 10.5. The molecule has 2 aromatic rings. The molecule has 2 aromatic heterocycles. The van der Waals surface area contributed by atoms with Crippen LogP contribution in [0.3, 0.4) is 0 Å². The SMILES string of the molecule is C[C@H]1CC(NCc2nncn2C)c2ccsc2S1. The smallest absolute Gasteiger partial charge is 0.146 e. The molecule has 0 amide bonds. The van der Waals surface area contributed by atoms with Crippen LogP contribution in [0.25, 0.3) is 0 Å². The van der Waals surface area contributed by atoms with E-state index in [0.29, 0.717) is 11.3 Å². The Bertz CT molecular complexity index is 534. The Labute approximate surface area is 115 Å². The van der Waals surface area contributed by atoms with E-state index in [1.54, 1.807) is 6.33 Å². The molecule has 96 valence electrons. The first-order valence-electron chi connectivity index (χ1n) is 6.04. The van der Waals surface area contributed by atoms with Crippen LogP contribution in [0.5, 0.6) is 0 Å². The number of aryl methyl sites for hydroxylation is 1. The van der Waals surface area contributed by atoms with Crippen LogP contribution >= 0.6 is 23.1 Å². The topological polar surface area (TPSA) is 42.7 Å². The molecule has 0 aromatic carbocycles. The quantitative estimate of drug-likeness (QED) is 0.938. The number of hydrogen-bond donors (Lipinski definition) is 1. The van der Waals surface area contributed by atoms with Gasteiger partial charge in [-0.15, -0.1) is 33.3 Å². The molecule has 0 saturated heterocycles. The highest BCUT2D eigenvalue weighted by molar-refractivity contribution is 8.01. The maximum absolute atomic E-state index is 4.11. The minimum absolute atomic E-state index is 0.444. The average Bonchev–Trinajstić information content (AvgIpc) is 2.94. The number of nitrogens with zero attached hydrogens (tertiary/aromatic N) is 3. The van der Waals surface area contributed by atoms with Crippen molar-refractivity contribution in [1.29, 1.82) is 0 Å². The molecular formula is C12H16N4S2. The minimum Gasteiger partial charge on any atom is -0.320 e. The Balaban J connectivity index is 1.72. The van der Waals surface area contributed by atoms with Gasteiger partial charge >= 0.3 is 0 Å². The molecule has 0 spiro atoms. The van der Waals surface area contributed by atoms with E-state index in [1.807, 2.05) is 34.7 Å². The molecule has 1 N–H and O–H groups in total. The van der Waals surface area contributed by atoms with E-state index in [2.05, 4.69) is 33.9 Å². The van der Waals surface area contributed by atoms with Gasteiger partial charge < -0.3 is 9.88 Å². The van der Waals surface area contributed by atoms with E-state index in [0.717, 1.165) is 12.4 Å². The van der Waals surface area contributed by atoms with Crippen molar-refractivity contribution in [2.24, 2.45) is 7.05 Å². The number of thiophene rings is 1. The molecule has 3 rings (SSSR count). The van der Waals surface area contributed by atoms with Crippen LogP contribution in [0.2, 0.25) is 0 Å². The molecule has 0 aliphatic carbocycles. The van der Waals surface area contributed by atoms with Crippen molar-refractivity contribution in [1.82, 2.24) is 20.1 Å². The number of nitrogens with one attached hydrogen (secondary N) is 1. The van der Waals surface area contributed by atoms with Crippen molar-refractivity contribution >= 4 is 23.1 Å². The highest BCUT2D eigenvalue weighted by atomic mass is 32.2. The first kappa shape index (κ1) is 12.2. The lowest BCUT2D eigenvalue weighted by atomic mass is 10.0. The number of aromatic nitrogens is 3. The van der Waals surface area contributed by atoms with Gasteiger partial charge in [-0.05, 0) is 23.4 Å². The van der Waals surface area contributed by atoms with Crippen LogP contribution in [0.4, 0.5) is 0 Å². The predicted octanol–water partition coefficient (Wildman–Crippen LogP) is 2.59. The van der Waals surface area contributed by atoms with E-state index in [1.165, 1.54) is 16.2 Å². The van der Waals surface area contributed by atoms with Crippen molar-refractivity contribution in [2.45, 2.75) is 35.4 Å². The Morgan fingerprint density at radius 3 is 3.22 bits per heavy atom. The Hall–Kier alpha value is -0.850. The second-order valence-corrected chi connectivity index (χ2v) is 7.24. The summed E-state index contributed by atoms with van der Waals surface area (Å²) in [5, 5.41) is 14.5. The summed E-state index contributed by atoms with van der Waals surface area (Å²) in [5.41, 5.74) is 1.45. The molecule has 1 unspecified atom stereocenters. The van der Waals surface area contributed by atoms with Crippen LogP contribution < -0.4 is 5.32 Å². The normalized spacial score (nSPS) is 23.0. The molecule has 2 atom stereocenters. The largest absolute Gasteiger partial charge is 0.320 e. The fourth-order valence-electron chi connectivity index (χ4n) is 2.22. The highest BCUT2D eigenvalue weighted by Gasteiger charge is 2.26. The van der Waals surface area contributed by atoms with Crippen molar-refractivity contribution in [3.8, 4) is 0 Å². The van der Waals surface area contributed by atoms with Crippen LogP contribution in [0.1, 0.15) is 30.8 Å². The van der Waals surface area contributed by atoms with Gasteiger partial charge in [0.05, 0.1) is 10.8 Å². The maximum atomic E-state index is 4.11. The van der Waals surface area contributed by atoms with E-state index in [4.69, 9.17) is 0 Å². The van der Waals surface area contributed by atoms with Crippen molar-refractivity contribution in [2.75, 3.05) is 0 Å². The average molecular weight is 280 g/mol. The summed E-state index contributed by atoms with van der Waals surface area (Å²) >= 11 is 3.84. The summed E-state index contributed by atoms with van der Waals surface area (Å²) in [4.78, 5) is 0. The summed E-state index contributed by atoms with van der Waals surface area (Å²) in [6, 6.07) is 2.69. The molecule has 0 bridgehead atoms. The Kier molecular flexibility index (Phi) is 3.41. The molecule has 6 heteroatoms. The van der Waals surface area contributed by atoms with E-state index in [9.17, 15) is 0 Å². The summed E-state index contributed by atoms with van der Waals surface area (Å²) in [6.07, 6.45) is 2.92. The van der Waals surface area contributed by atoms with Gasteiger partial charge in [-0.25, -0.2) is 0 Å². The molecular weight excluding hydrogens is 264 g/mol. The van der Waals surface area contributed by atoms with Gasteiger partial charge in [-0.3, -0.25) is 0 Å². The predicted molar refractivity (Wildman–Crippen MR) is 74.8 cm³/mol.